The SMILES string of the molecule is NC1(C(=O)N2CCN(C(=O)c3ccc(C4(NC(=O)c5ccccc5)CC4)cc3)CC2)CC1. The molecule has 0 unspecified atom stereocenters. The van der Waals surface area contributed by atoms with Gasteiger partial charge in [0.05, 0.1) is 11.1 Å². The summed E-state index contributed by atoms with van der Waals surface area (Å²) in [7, 11) is 0. The summed E-state index contributed by atoms with van der Waals surface area (Å²) in [4.78, 5) is 41.5. The van der Waals surface area contributed by atoms with E-state index in [1.165, 1.54) is 0 Å². The maximum Gasteiger partial charge on any atom is 0.253 e. The number of hydrogen-bond acceptors (Lipinski definition) is 4. The summed E-state index contributed by atoms with van der Waals surface area (Å²) in [6.45, 7) is 2.07. The van der Waals surface area contributed by atoms with E-state index in [0.29, 0.717) is 37.3 Å². The highest BCUT2D eigenvalue weighted by molar-refractivity contribution is 5.96. The van der Waals surface area contributed by atoms with Gasteiger partial charge < -0.3 is 20.9 Å². The normalized spacial score (nSPS) is 20.4. The zero-order valence-corrected chi connectivity index (χ0v) is 18.0. The number of benzene rings is 2. The lowest BCUT2D eigenvalue weighted by atomic mass is 10.0. The van der Waals surface area contributed by atoms with Crippen LogP contribution in [-0.2, 0) is 10.3 Å². The molecule has 3 N–H and O–H groups in total. The largest absolute Gasteiger partial charge is 0.343 e. The minimum atomic E-state index is -0.656. The Bertz CT molecular complexity index is 1030. The molecule has 1 aliphatic heterocycles. The first-order chi connectivity index (χ1) is 15.4. The van der Waals surface area contributed by atoms with Crippen LogP contribution >= 0.6 is 0 Å². The Balaban J connectivity index is 1.20. The predicted molar refractivity (Wildman–Crippen MR) is 120 cm³/mol. The molecule has 2 aliphatic carbocycles. The molecule has 2 aromatic carbocycles. The van der Waals surface area contributed by atoms with Gasteiger partial charge in [0.15, 0.2) is 0 Å². The lowest BCUT2D eigenvalue weighted by molar-refractivity contribution is -0.135. The van der Waals surface area contributed by atoms with Crippen LogP contribution in [0.3, 0.4) is 0 Å². The fraction of sp³-hybridized carbons (Fsp3) is 0.400. The first-order valence-electron chi connectivity index (χ1n) is 11.3. The molecule has 5 rings (SSSR count). The molecule has 1 heterocycles. The summed E-state index contributed by atoms with van der Waals surface area (Å²) >= 11 is 0. The van der Waals surface area contributed by atoms with E-state index in [1.807, 2.05) is 42.5 Å². The zero-order valence-electron chi connectivity index (χ0n) is 18.0. The van der Waals surface area contributed by atoms with Crippen LogP contribution in [0.5, 0.6) is 0 Å². The third-order valence-corrected chi connectivity index (χ3v) is 6.89. The number of nitrogens with zero attached hydrogens (tertiary/aromatic N) is 2. The summed E-state index contributed by atoms with van der Waals surface area (Å²) in [5.74, 6) is -0.0990. The Kier molecular flexibility index (Phi) is 5.01. The van der Waals surface area contributed by atoms with Gasteiger partial charge in [0.2, 0.25) is 5.91 Å². The molecule has 0 bridgehead atoms. The van der Waals surface area contributed by atoms with Crippen LogP contribution in [0.1, 0.15) is 52.0 Å². The van der Waals surface area contributed by atoms with Gasteiger partial charge >= 0.3 is 0 Å². The third-order valence-electron chi connectivity index (χ3n) is 6.89. The van der Waals surface area contributed by atoms with E-state index in [-0.39, 0.29) is 23.3 Å². The number of piperazine rings is 1. The Hall–Kier alpha value is -3.19. The topological polar surface area (TPSA) is 95.7 Å². The second-order valence-corrected chi connectivity index (χ2v) is 9.22. The van der Waals surface area contributed by atoms with E-state index in [9.17, 15) is 14.4 Å². The molecule has 0 aromatic heterocycles. The molecular weight excluding hydrogens is 404 g/mol. The van der Waals surface area contributed by atoms with Gasteiger partial charge in [-0.25, -0.2) is 0 Å². The molecule has 3 fully saturated rings. The Morgan fingerprint density at radius 1 is 0.750 bits per heavy atom. The Morgan fingerprint density at radius 3 is 1.91 bits per heavy atom. The van der Waals surface area contributed by atoms with Crippen molar-refractivity contribution in [1.29, 1.82) is 0 Å². The first kappa shape index (κ1) is 20.7. The summed E-state index contributed by atoms with van der Waals surface area (Å²) < 4.78 is 0. The van der Waals surface area contributed by atoms with Crippen molar-refractivity contribution in [3.8, 4) is 0 Å². The maximum atomic E-state index is 13.0. The predicted octanol–water partition coefficient (Wildman–Crippen LogP) is 1.88. The Labute approximate surface area is 187 Å². The van der Waals surface area contributed by atoms with Crippen LogP contribution in [0.15, 0.2) is 54.6 Å². The van der Waals surface area contributed by atoms with Crippen LogP contribution in [0.25, 0.3) is 0 Å². The summed E-state index contributed by atoms with van der Waals surface area (Å²) in [5, 5.41) is 3.16. The average molecular weight is 433 g/mol. The molecule has 1 saturated heterocycles. The highest BCUT2D eigenvalue weighted by Gasteiger charge is 2.48. The van der Waals surface area contributed by atoms with Crippen LogP contribution < -0.4 is 11.1 Å². The van der Waals surface area contributed by atoms with Crippen molar-refractivity contribution in [1.82, 2.24) is 15.1 Å². The number of rotatable bonds is 5. The van der Waals surface area contributed by atoms with E-state index in [2.05, 4.69) is 5.32 Å². The second-order valence-electron chi connectivity index (χ2n) is 9.22. The molecule has 166 valence electrons. The van der Waals surface area contributed by atoms with Crippen LogP contribution in [0.4, 0.5) is 0 Å². The van der Waals surface area contributed by atoms with Crippen molar-refractivity contribution in [3.63, 3.8) is 0 Å². The minimum Gasteiger partial charge on any atom is -0.343 e. The molecule has 7 heteroatoms. The molecular formula is C25H28N4O3. The van der Waals surface area contributed by atoms with E-state index in [0.717, 1.165) is 31.2 Å². The summed E-state index contributed by atoms with van der Waals surface area (Å²) in [5.41, 5.74) is 7.31. The van der Waals surface area contributed by atoms with Gasteiger partial charge in [-0.1, -0.05) is 30.3 Å². The molecule has 3 amide bonds. The van der Waals surface area contributed by atoms with E-state index in [4.69, 9.17) is 5.73 Å². The highest BCUT2D eigenvalue weighted by atomic mass is 16.2. The molecule has 32 heavy (non-hydrogen) atoms. The van der Waals surface area contributed by atoms with Gasteiger partial charge in [-0.2, -0.15) is 0 Å². The molecule has 2 saturated carbocycles. The summed E-state index contributed by atoms with van der Waals surface area (Å²) in [6, 6.07) is 16.8. The molecule has 0 atom stereocenters. The second kappa shape index (κ2) is 7.74. The monoisotopic (exact) mass is 432 g/mol. The number of amides is 3. The van der Waals surface area contributed by atoms with Gasteiger partial charge in [-0.05, 0) is 55.5 Å². The lowest BCUT2D eigenvalue weighted by Gasteiger charge is -2.36. The summed E-state index contributed by atoms with van der Waals surface area (Å²) in [6.07, 6.45) is 3.28. The molecule has 7 nitrogen and oxygen atoms in total. The van der Waals surface area contributed by atoms with Crippen molar-refractivity contribution < 1.29 is 14.4 Å². The number of hydrogen-bond donors (Lipinski definition) is 2. The number of nitrogens with one attached hydrogen (secondary N) is 1. The quantitative estimate of drug-likeness (QED) is 0.754. The smallest absolute Gasteiger partial charge is 0.253 e. The van der Waals surface area contributed by atoms with Crippen molar-refractivity contribution in [3.05, 3.63) is 71.3 Å². The number of nitrogens with two attached hydrogens (primary N) is 1. The van der Waals surface area contributed by atoms with Crippen LogP contribution in [0, 0.1) is 0 Å². The molecule has 3 aliphatic rings. The van der Waals surface area contributed by atoms with Crippen molar-refractivity contribution >= 4 is 17.7 Å². The fourth-order valence-corrected chi connectivity index (χ4v) is 4.38. The van der Waals surface area contributed by atoms with Crippen LogP contribution in [-0.4, -0.2) is 59.2 Å². The van der Waals surface area contributed by atoms with E-state index < -0.39 is 5.54 Å². The van der Waals surface area contributed by atoms with Crippen LogP contribution in [0.2, 0.25) is 0 Å². The number of carbonyl (C=O) groups is 3. The fourth-order valence-electron chi connectivity index (χ4n) is 4.38. The zero-order chi connectivity index (χ0) is 22.3. The Morgan fingerprint density at radius 2 is 1.34 bits per heavy atom. The van der Waals surface area contributed by atoms with E-state index in [1.54, 1.807) is 21.9 Å². The lowest BCUT2D eigenvalue weighted by Crippen LogP contribution is -2.55. The van der Waals surface area contributed by atoms with Crippen molar-refractivity contribution in [2.75, 3.05) is 26.2 Å². The van der Waals surface area contributed by atoms with Crippen molar-refractivity contribution in [2.24, 2.45) is 5.73 Å². The number of carbonyl (C=O) groups excluding carboxylic acids is 3. The third kappa shape index (κ3) is 3.88. The van der Waals surface area contributed by atoms with E-state index >= 15 is 0 Å². The maximum absolute atomic E-state index is 13.0. The van der Waals surface area contributed by atoms with Gasteiger partial charge in [0.25, 0.3) is 11.8 Å². The van der Waals surface area contributed by atoms with Gasteiger partial charge in [0, 0.05) is 37.3 Å². The van der Waals surface area contributed by atoms with Gasteiger partial charge in [0.1, 0.15) is 0 Å². The standard InChI is InChI=1S/C25H28N4O3/c26-24(10-11-24)23(32)29-16-14-28(15-17-29)22(31)19-6-8-20(9-7-19)25(12-13-25)27-21(30)18-4-2-1-3-5-18/h1-9H,10-17,26H2,(H,27,30). The molecule has 2 aromatic rings. The molecule has 0 spiro atoms. The molecule has 0 radical (unpaired) electrons. The van der Waals surface area contributed by atoms with Gasteiger partial charge in [-0.15, -0.1) is 0 Å². The van der Waals surface area contributed by atoms with Gasteiger partial charge in [-0.3, -0.25) is 14.4 Å². The average Bonchev–Trinajstić information content (AvgIpc) is 3.77. The first-order valence-corrected chi connectivity index (χ1v) is 11.3. The highest BCUT2D eigenvalue weighted by Crippen LogP contribution is 2.45. The minimum absolute atomic E-state index is 0.0150. The van der Waals surface area contributed by atoms with Crippen molar-refractivity contribution in [2.45, 2.75) is 36.8 Å².